The van der Waals surface area contributed by atoms with Gasteiger partial charge in [-0.25, -0.2) is 0 Å². The van der Waals surface area contributed by atoms with E-state index in [1.165, 1.54) is 12.1 Å². The lowest BCUT2D eigenvalue weighted by Gasteiger charge is -2.24. The summed E-state index contributed by atoms with van der Waals surface area (Å²) in [5.41, 5.74) is 8.67. The molecule has 0 bridgehead atoms. The first kappa shape index (κ1) is 20.7. The summed E-state index contributed by atoms with van der Waals surface area (Å²) in [5, 5.41) is 2.65. The lowest BCUT2D eigenvalue weighted by molar-refractivity contribution is -0.137. The van der Waals surface area contributed by atoms with E-state index in [-0.39, 0.29) is 12.0 Å². The van der Waals surface area contributed by atoms with Crippen LogP contribution in [-0.4, -0.2) is 17.9 Å². The minimum atomic E-state index is -4.50. The van der Waals surface area contributed by atoms with E-state index in [4.69, 9.17) is 5.73 Å². The van der Waals surface area contributed by atoms with Gasteiger partial charge in [-0.1, -0.05) is 66.7 Å². The highest BCUT2D eigenvalue weighted by Gasteiger charge is 2.38. The molecule has 1 aliphatic rings. The van der Waals surface area contributed by atoms with Crippen molar-refractivity contribution in [1.29, 1.82) is 0 Å². The van der Waals surface area contributed by atoms with Crippen molar-refractivity contribution < 1.29 is 22.8 Å². The standard InChI is InChI=1S/C24H19F3N2O2/c25-24(26,27)15-7-5-6-14(12-15)13-20(30)29-22(23(28)31)21-18-10-3-1-8-16(18)17-9-2-4-11-19(17)21/h1-12,21-22H,13H2,(H2,28,31)(H,29,30)/t22-/m0/s1. The maximum Gasteiger partial charge on any atom is 0.416 e. The molecule has 0 unspecified atom stereocenters. The summed E-state index contributed by atoms with van der Waals surface area (Å²) in [4.78, 5) is 25.0. The number of fused-ring (bicyclic) bond motifs is 3. The van der Waals surface area contributed by atoms with Crippen LogP contribution in [0.5, 0.6) is 0 Å². The number of nitrogens with two attached hydrogens (primary N) is 1. The van der Waals surface area contributed by atoms with E-state index in [0.717, 1.165) is 34.4 Å². The van der Waals surface area contributed by atoms with E-state index in [1.807, 2.05) is 48.5 Å². The Balaban J connectivity index is 1.61. The third kappa shape index (κ3) is 4.03. The Morgan fingerprint density at radius 1 is 0.903 bits per heavy atom. The predicted octanol–water partition coefficient (Wildman–Crippen LogP) is 4.03. The van der Waals surface area contributed by atoms with Crippen LogP contribution in [0, 0.1) is 0 Å². The van der Waals surface area contributed by atoms with Gasteiger partial charge in [-0.05, 0) is 33.9 Å². The van der Waals surface area contributed by atoms with Crippen LogP contribution in [0.15, 0.2) is 72.8 Å². The lowest BCUT2D eigenvalue weighted by atomic mass is 9.88. The van der Waals surface area contributed by atoms with Gasteiger partial charge in [0.05, 0.1) is 12.0 Å². The largest absolute Gasteiger partial charge is 0.416 e. The van der Waals surface area contributed by atoms with Crippen molar-refractivity contribution in [3.63, 3.8) is 0 Å². The summed E-state index contributed by atoms with van der Waals surface area (Å²) in [7, 11) is 0. The number of rotatable bonds is 5. The van der Waals surface area contributed by atoms with Crippen molar-refractivity contribution in [2.45, 2.75) is 24.6 Å². The SMILES string of the molecule is NC(=O)[C@@H](NC(=O)Cc1cccc(C(F)(F)F)c1)C1c2ccccc2-c2ccccc21. The maximum atomic E-state index is 12.9. The molecule has 158 valence electrons. The topological polar surface area (TPSA) is 72.2 Å². The summed E-state index contributed by atoms with van der Waals surface area (Å²) >= 11 is 0. The lowest BCUT2D eigenvalue weighted by Crippen LogP contribution is -2.48. The maximum absolute atomic E-state index is 12.9. The van der Waals surface area contributed by atoms with Crippen LogP contribution in [-0.2, 0) is 22.2 Å². The van der Waals surface area contributed by atoms with E-state index in [0.29, 0.717) is 0 Å². The van der Waals surface area contributed by atoms with Gasteiger partial charge < -0.3 is 11.1 Å². The van der Waals surface area contributed by atoms with Crippen molar-refractivity contribution in [2.24, 2.45) is 5.73 Å². The first-order valence-corrected chi connectivity index (χ1v) is 9.69. The molecule has 31 heavy (non-hydrogen) atoms. The quantitative estimate of drug-likeness (QED) is 0.649. The molecule has 3 N–H and O–H groups in total. The molecule has 3 aromatic rings. The van der Waals surface area contributed by atoms with Crippen molar-refractivity contribution in [3.05, 3.63) is 95.1 Å². The third-order valence-electron chi connectivity index (χ3n) is 5.46. The summed E-state index contributed by atoms with van der Waals surface area (Å²) in [6.07, 6.45) is -4.80. The van der Waals surface area contributed by atoms with E-state index >= 15 is 0 Å². The smallest absolute Gasteiger partial charge is 0.368 e. The van der Waals surface area contributed by atoms with Gasteiger partial charge in [-0.15, -0.1) is 0 Å². The summed E-state index contributed by atoms with van der Waals surface area (Å²) in [6.45, 7) is 0. The number of benzene rings is 3. The minimum Gasteiger partial charge on any atom is -0.368 e. The molecular formula is C24H19F3N2O2. The number of halogens is 3. The van der Waals surface area contributed by atoms with Crippen molar-refractivity contribution in [1.82, 2.24) is 5.32 Å². The zero-order valence-electron chi connectivity index (χ0n) is 16.3. The Bertz CT molecular complexity index is 1110. The molecule has 4 rings (SSSR count). The number of hydrogen-bond acceptors (Lipinski definition) is 2. The monoisotopic (exact) mass is 424 g/mol. The second-order valence-corrected chi connectivity index (χ2v) is 7.47. The molecule has 3 aromatic carbocycles. The zero-order valence-corrected chi connectivity index (χ0v) is 16.3. The highest BCUT2D eigenvalue weighted by atomic mass is 19.4. The summed E-state index contributed by atoms with van der Waals surface area (Å²) in [6, 6.07) is 18.7. The van der Waals surface area contributed by atoms with E-state index in [1.54, 1.807) is 0 Å². The number of amides is 2. The molecule has 0 heterocycles. The number of hydrogen-bond donors (Lipinski definition) is 2. The van der Waals surface area contributed by atoms with Crippen LogP contribution in [0.3, 0.4) is 0 Å². The average molecular weight is 424 g/mol. The fourth-order valence-electron chi connectivity index (χ4n) is 4.14. The average Bonchev–Trinajstić information content (AvgIpc) is 3.06. The molecule has 4 nitrogen and oxygen atoms in total. The minimum absolute atomic E-state index is 0.197. The third-order valence-corrected chi connectivity index (χ3v) is 5.46. The van der Waals surface area contributed by atoms with Gasteiger partial charge in [0.1, 0.15) is 6.04 Å². The molecule has 1 atom stereocenters. The van der Waals surface area contributed by atoms with Crippen molar-refractivity contribution in [2.75, 3.05) is 0 Å². The van der Waals surface area contributed by atoms with E-state index in [9.17, 15) is 22.8 Å². The van der Waals surface area contributed by atoms with Gasteiger partial charge in [0.2, 0.25) is 11.8 Å². The van der Waals surface area contributed by atoms with E-state index < -0.39 is 35.5 Å². The zero-order chi connectivity index (χ0) is 22.2. The molecule has 0 fully saturated rings. The number of alkyl halides is 3. The van der Waals surface area contributed by atoms with Crippen molar-refractivity contribution >= 4 is 11.8 Å². The number of carbonyl (C=O) groups excluding carboxylic acids is 2. The Labute approximate surface area is 176 Å². The van der Waals surface area contributed by atoms with Gasteiger partial charge in [0, 0.05) is 5.92 Å². The second kappa shape index (κ2) is 7.91. The molecule has 0 aromatic heterocycles. The molecule has 1 aliphatic carbocycles. The van der Waals surface area contributed by atoms with Crippen LogP contribution in [0.25, 0.3) is 11.1 Å². The van der Waals surface area contributed by atoms with Crippen LogP contribution in [0.2, 0.25) is 0 Å². The Morgan fingerprint density at radius 2 is 1.48 bits per heavy atom. The Kier molecular flexibility index (Phi) is 5.27. The van der Waals surface area contributed by atoms with Crippen LogP contribution >= 0.6 is 0 Å². The van der Waals surface area contributed by atoms with Gasteiger partial charge in [0.25, 0.3) is 0 Å². The fourth-order valence-corrected chi connectivity index (χ4v) is 4.14. The van der Waals surface area contributed by atoms with Crippen molar-refractivity contribution in [3.8, 4) is 11.1 Å². The van der Waals surface area contributed by atoms with Gasteiger partial charge in [0.15, 0.2) is 0 Å². The summed E-state index contributed by atoms with van der Waals surface area (Å²) < 4.78 is 38.8. The fraction of sp³-hybridized carbons (Fsp3) is 0.167. The molecular weight excluding hydrogens is 405 g/mol. The van der Waals surface area contributed by atoms with E-state index in [2.05, 4.69) is 5.32 Å². The normalized spacial score (nSPS) is 13.9. The molecule has 2 amide bonds. The molecule has 0 saturated carbocycles. The molecule has 0 spiro atoms. The first-order chi connectivity index (χ1) is 14.8. The Morgan fingerprint density at radius 3 is 2.03 bits per heavy atom. The van der Waals surface area contributed by atoms with Crippen LogP contribution < -0.4 is 11.1 Å². The molecule has 0 aliphatic heterocycles. The van der Waals surface area contributed by atoms with Gasteiger partial charge >= 0.3 is 6.18 Å². The predicted molar refractivity (Wildman–Crippen MR) is 110 cm³/mol. The second-order valence-electron chi connectivity index (χ2n) is 7.47. The Hall–Kier alpha value is -3.61. The van der Waals surface area contributed by atoms with Gasteiger partial charge in [-0.3, -0.25) is 9.59 Å². The number of carbonyl (C=O) groups is 2. The molecule has 0 saturated heterocycles. The van der Waals surface area contributed by atoms with Crippen LogP contribution in [0.4, 0.5) is 13.2 Å². The molecule has 0 radical (unpaired) electrons. The first-order valence-electron chi connectivity index (χ1n) is 9.69. The molecule has 7 heteroatoms. The number of primary amides is 1. The van der Waals surface area contributed by atoms with Crippen LogP contribution in [0.1, 0.15) is 28.2 Å². The highest BCUT2D eigenvalue weighted by Crippen LogP contribution is 2.46. The summed E-state index contributed by atoms with van der Waals surface area (Å²) in [5.74, 6) is -1.77. The number of nitrogens with one attached hydrogen (secondary N) is 1. The highest BCUT2D eigenvalue weighted by molar-refractivity contribution is 5.91. The van der Waals surface area contributed by atoms with Gasteiger partial charge in [-0.2, -0.15) is 13.2 Å².